The minimum Gasteiger partial charge on any atom is -0.493 e. The third-order valence-corrected chi connectivity index (χ3v) is 3.88. The lowest BCUT2D eigenvalue weighted by atomic mass is 10.1. The van der Waals surface area contributed by atoms with Crippen LogP contribution in [-0.4, -0.2) is 23.6 Å². The fourth-order valence-corrected chi connectivity index (χ4v) is 2.40. The Morgan fingerprint density at radius 1 is 1.29 bits per heavy atom. The van der Waals surface area contributed by atoms with Crippen LogP contribution in [0.15, 0.2) is 34.9 Å². The summed E-state index contributed by atoms with van der Waals surface area (Å²) in [6.45, 7) is 2.44. The molecule has 2 aromatic rings. The molecule has 0 aliphatic heterocycles. The molecule has 1 aromatic heterocycles. The van der Waals surface area contributed by atoms with E-state index < -0.39 is 5.97 Å². The van der Waals surface area contributed by atoms with Gasteiger partial charge in [0.2, 0.25) is 0 Å². The standard InChI is InChI=1S/C18H19NO5/c1-11-9-24-15(8-16(20)21)17(11)18(22)19-13-4-6-14(7-5-13)23-10-12-2-3-12/h4-7,9,12H,2-3,8,10H2,1H3,(H,19,22)(H,20,21). The molecule has 1 fully saturated rings. The molecule has 1 aromatic carbocycles. The second-order valence-electron chi connectivity index (χ2n) is 6.02. The Labute approximate surface area is 139 Å². The first-order chi connectivity index (χ1) is 11.5. The molecular formula is C18H19NO5. The van der Waals surface area contributed by atoms with Crippen LogP contribution in [0, 0.1) is 12.8 Å². The number of ether oxygens (including phenoxy) is 1. The van der Waals surface area contributed by atoms with Crippen LogP contribution in [0.2, 0.25) is 0 Å². The van der Waals surface area contributed by atoms with Gasteiger partial charge >= 0.3 is 5.97 Å². The van der Waals surface area contributed by atoms with Crippen LogP contribution in [0.1, 0.15) is 34.5 Å². The number of aliphatic carboxylic acids is 1. The van der Waals surface area contributed by atoms with Gasteiger partial charge in [-0.15, -0.1) is 0 Å². The molecular weight excluding hydrogens is 310 g/mol. The SMILES string of the molecule is Cc1coc(CC(=O)O)c1C(=O)Nc1ccc(OCC2CC2)cc1. The lowest BCUT2D eigenvalue weighted by molar-refractivity contribution is -0.136. The fraction of sp³-hybridized carbons (Fsp3) is 0.333. The predicted octanol–water partition coefficient (Wildman–Crippen LogP) is 3.26. The highest BCUT2D eigenvalue weighted by molar-refractivity contribution is 6.06. The third-order valence-electron chi connectivity index (χ3n) is 3.88. The lowest BCUT2D eigenvalue weighted by Gasteiger charge is -2.08. The molecule has 0 bridgehead atoms. The summed E-state index contributed by atoms with van der Waals surface area (Å²) >= 11 is 0. The summed E-state index contributed by atoms with van der Waals surface area (Å²) in [5.41, 5.74) is 1.49. The quantitative estimate of drug-likeness (QED) is 0.814. The highest BCUT2D eigenvalue weighted by atomic mass is 16.5. The van der Waals surface area contributed by atoms with Gasteiger partial charge in [-0.1, -0.05) is 0 Å². The Morgan fingerprint density at radius 3 is 2.62 bits per heavy atom. The van der Waals surface area contributed by atoms with Crippen LogP contribution in [0.25, 0.3) is 0 Å². The van der Waals surface area contributed by atoms with Crippen molar-refractivity contribution in [3.63, 3.8) is 0 Å². The highest BCUT2D eigenvalue weighted by Crippen LogP contribution is 2.29. The minimum absolute atomic E-state index is 0.155. The molecule has 1 aliphatic rings. The number of amides is 1. The van der Waals surface area contributed by atoms with E-state index in [4.69, 9.17) is 14.3 Å². The van der Waals surface area contributed by atoms with Gasteiger partial charge in [0, 0.05) is 11.3 Å². The maximum atomic E-state index is 12.4. The number of carboxylic acid groups (broad SMARTS) is 1. The van der Waals surface area contributed by atoms with Crippen molar-refractivity contribution in [1.82, 2.24) is 0 Å². The molecule has 6 heteroatoms. The molecule has 6 nitrogen and oxygen atoms in total. The number of carbonyl (C=O) groups excluding carboxylic acids is 1. The van der Waals surface area contributed by atoms with Gasteiger partial charge in [0.05, 0.1) is 18.4 Å². The minimum atomic E-state index is -1.05. The molecule has 0 unspecified atom stereocenters. The van der Waals surface area contributed by atoms with Crippen molar-refractivity contribution in [2.45, 2.75) is 26.2 Å². The van der Waals surface area contributed by atoms with E-state index in [1.165, 1.54) is 19.1 Å². The first-order valence-corrected chi connectivity index (χ1v) is 7.86. The summed E-state index contributed by atoms with van der Waals surface area (Å²) in [5.74, 6) is 0.175. The van der Waals surface area contributed by atoms with Crippen molar-refractivity contribution in [3.8, 4) is 5.75 Å². The van der Waals surface area contributed by atoms with E-state index in [9.17, 15) is 9.59 Å². The van der Waals surface area contributed by atoms with E-state index in [1.807, 2.05) is 0 Å². The van der Waals surface area contributed by atoms with Crippen LogP contribution in [0.3, 0.4) is 0 Å². The monoisotopic (exact) mass is 329 g/mol. The molecule has 1 amide bonds. The van der Waals surface area contributed by atoms with Gasteiger partial charge in [-0.2, -0.15) is 0 Å². The molecule has 0 radical (unpaired) electrons. The summed E-state index contributed by atoms with van der Waals surface area (Å²) in [4.78, 5) is 23.3. The summed E-state index contributed by atoms with van der Waals surface area (Å²) in [6.07, 6.45) is 3.53. The number of anilines is 1. The number of hydrogen-bond donors (Lipinski definition) is 2. The van der Waals surface area contributed by atoms with Gasteiger partial charge < -0.3 is 19.6 Å². The first-order valence-electron chi connectivity index (χ1n) is 7.86. The van der Waals surface area contributed by atoms with Crippen molar-refractivity contribution in [2.24, 2.45) is 5.92 Å². The number of furan rings is 1. The molecule has 24 heavy (non-hydrogen) atoms. The number of hydrogen-bond acceptors (Lipinski definition) is 4. The van der Waals surface area contributed by atoms with Gasteiger partial charge in [0.15, 0.2) is 0 Å². The normalized spacial score (nSPS) is 13.5. The Balaban J connectivity index is 1.65. The van der Waals surface area contributed by atoms with Gasteiger partial charge in [0.25, 0.3) is 5.91 Å². The zero-order valence-corrected chi connectivity index (χ0v) is 13.4. The van der Waals surface area contributed by atoms with Gasteiger partial charge in [-0.05, 0) is 49.9 Å². The third kappa shape index (κ3) is 3.95. The van der Waals surface area contributed by atoms with Gasteiger partial charge in [-0.25, -0.2) is 0 Å². The second kappa shape index (κ2) is 6.78. The van der Waals surface area contributed by atoms with Crippen LogP contribution in [0.4, 0.5) is 5.69 Å². The van der Waals surface area contributed by atoms with E-state index in [2.05, 4.69) is 5.32 Å². The average Bonchev–Trinajstić information content (AvgIpc) is 3.29. The highest BCUT2D eigenvalue weighted by Gasteiger charge is 2.22. The summed E-state index contributed by atoms with van der Waals surface area (Å²) in [7, 11) is 0. The summed E-state index contributed by atoms with van der Waals surface area (Å²) in [5, 5.41) is 11.6. The number of rotatable bonds is 7. The van der Waals surface area contributed by atoms with Crippen molar-refractivity contribution in [3.05, 3.63) is 47.4 Å². The molecule has 0 atom stereocenters. The number of carbonyl (C=O) groups is 2. The van der Waals surface area contributed by atoms with Crippen molar-refractivity contribution in [2.75, 3.05) is 11.9 Å². The molecule has 126 valence electrons. The van der Waals surface area contributed by atoms with Gasteiger partial charge in [-0.3, -0.25) is 9.59 Å². The maximum Gasteiger partial charge on any atom is 0.311 e. The van der Waals surface area contributed by atoms with Crippen molar-refractivity contribution >= 4 is 17.6 Å². The first kappa shape index (κ1) is 16.1. The second-order valence-corrected chi connectivity index (χ2v) is 6.02. The topological polar surface area (TPSA) is 88.8 Å². The lowest BCUT2D eigenvalue weighted by Crippen LogP contribution is -2.15. The zero-order valence-electron chi connectivity index (χ0n) is 13.4. The van der Waals surface area contributed by atoms with E-state index in [1.54, 1.807) is 31.2 Å². The number of carboxylic acids is 1. The van der Waals surface area contributed by atoms with Crippen LogP contribution in [-0.2, 0) is 11.2 Å². The van der Waals surface area contributed by atoms with E-state index >= 15 is 0 Å². The average molecular weight is 329 g/mol. The molecule has 2 N–H and O–H groups in total. The summed E-state index contributed by atoms with van der Waals surface area (Å²) < 4.78 is 10.8. The largest absolute Gasteiger partial charge is 0.493 e. The van der Waals surface area contributed by atoms with Crippen LogP contribution in [0.5, 0.6) is 5.75 Å². The van der Waals surface area contributed by atoms with Crippen molar-refractivity contribution < 1.29 is 23.8 Å². The molecule has 3 rings (SSSR count). The number of aryl methyl sites for hydroxylation is 1. The summed E-state index contributed by atoms with van der Waals surface area (Å²) in [6, 6.07) is 7.12. The Hall–Kier alpha value is -2.76. The smallest absolute Gasteiger partial charge is 0.311 e. The number of benzene rings is 1. The van der Waals surface area contributed by atoms with Gasteiger partial charge in [0.1, 0.15) is 17.9 Å². The Kier molecular flexibility index (Phi) is 4.55. The molecule has 0 saturated heterocycles. The fourth-order valence-electron chi connectivity index (χ4n) is 2.40. The van der Waals surface area contributed by atoms with Crippen LogP contribution >= 0.6 is 0 Å². The van der Waals surface area contributed by atoms with E-state index in [0.29, 0.717) is 17.2 Å². The molecule has 1 saturated carbocycles. The molecule has 1 heterocycles. The number of nitrogens with one attached hydrogen (secondary N) is 1. The Morgan fingerprint density at radius 2 is 2.00 bits per heavy atom. The zero-order chi connectivity index (χ0) is 17.1. The van der Waals surface area contributed by atoms with E-state index in [-0.39, 0.29) is 23.7 Å². The van der Waals surface area contributed by atoms with E-state index in [0.717, 1.165) is 12.4 Å². The Bertz CT molecular complexity index is 743. The van der Waals surface area contributed by atoms with Crippen molar-refractivity contribution in [1.29, 1.82) is 0 Å². The maximum absolute atomic E-state index is 12.4. The van der Waals surface area contributed by atoms with Crippen LogP contribution < -0.4 is 10.1 Å². The molecule has 1 aliphatic carbocycles. The predicted molar refractivity (Wildman–Crippen MR) is 87.4 cm³/mol. The molecule has 0 spiro atoms.